The second kappa shape index (κ2) is 8.84. The Hall–Kier alpha value is -4.04. The maximum atomic E-state index is 13.5. The van der Waals surface area contributed by atoms with Gasteiger partial charge in [-0.15, -0.1) is 10.2 Å². The summed E-state index contributed by atoms with van der Waals surface area (Å²) in [4.78, 5) is 26.5. The number of fused-ring (bicyclic) bond motifs is 2. The minimum absolute atomic E-state index is 0.248. The van der Waals surface area contributed by atoms with Crippen LogP contribution >= 0.6 is 11.3 Å². The van der Waals surface area contributed by atoms with Crippen LogP contribution in [0.1, 0.15) is 39.3 Å². The van der Waals surface area contributed by atoms with Crippen LogP contribution in [0.5, 0.6) is 11.5 Å². The lowest BCUT2D eigenvalue weighted by Gasteiger charge is -2.27. The van der Waals surface area contributed by atoms with E-state index in [9.17, 15) is 9.59 Å². The molecule has 2 amide bonds. The molecule has 7 nitrogen and oxygen atoms in total. The van der Waals surface area contributed by atoms with Crippen LogP contribution in [0.2, 0.25) is 0 Å². The van der Waals surface area contributed by atoms with Crippen LogP contribution in [0, 0.1) is 0 Å². The lowest BCUT2D eigenvalue weighted by Crippen LogP contribution is -2.26. The Kier molecular flexibility index (Phi) is 5.58. The first-order valence-electron chi connectivity index (χ1n) is 10.5. The molecule has 0 saturated carbocycles. The van der Waals surface area contributed by atoms with E-state index >= 15 is 0 Å². The van der Waals surface area contributed by atoms with Crippen molar-refractivity contribution in [1.29, 1.82) is 0 Å². The summed E-state index contributed by atoms with van der Waals surface area (Å²) in [6.45, 7) is 1.98. The molecule has 0 unspecified atom stereocenters. The third-order valence-electron chi connectivity index (χ3n) is 5.36. The molecule has 1 aliphatic rings. The van der Waals surface area contributed by atoms with E-state index in [2.05, 4.69) is 20.8 Å². The van der Waals surface area contributed by atoms with E-state index in [1.165, 1.54) is 11.3 Å². The molecule has 0 atom stereocenters. The van der Waals surface area contributed by atoms with Crippen molar-refractivity contribution in [2.75, 3.05) is 10.6 Å². The largest absolute Gasteiger partial charge is 0.457 e. The predicted octanol–water partition coefficient (Wildman–Crippen LogP) is 5.23. The number of aryl methyl sites for hydroxylation is 1. The molecule has 164 valence electrons. The summed E-state index contributed by atoms with van der Waals surface area (Å²) >= 11 is 1.33. The standard InChI is InChI=1S/C25H20N4O3S/c1-2-21-28-29-25(33-21)27-23(30)15-9-3-6-12-18(15)26-24(31)22-16-10-4-7-13-19(16)32-20-14-8-5-11-17(20)22/h3-14,22H,2H2,1H3,(H,26,31)(H,27,29,30). The number of carbonyl (C=O) groups excluding carboxylic acids is 2. The zero-order valence-electron chi connectivity index (χ0n) is 17.7. The topological polar surface area (TPSA) is 93.2 Å². The summed E-state index contributed by atoms with van der Waals surface area (Å²) in [6, 6.07) is 21.9. The second-order valence-electron chi connectivity index (χ2n) is 7.45. The molecule has 2 heterocycles. The zero-order chi connectivity index (χ0) is 22.8. The van der Waals surface area contributed by atoms with Gasteiger partial charge < -0.3 is 10.1 Å². The van der Waals surface area contributed by atoms with Crippen LogP contribution in [0.15, 0.2) is 72.8 Å². The lowest BCUT2D eigenvalue weighted by molar-refractivity contribution is -0.116. The molecule has 1 aliphatic heterocycles. The highest BCUT2D eigenvalue weighted by molar-refractivity contribution is 7.15. The summed E-state index contributed by atoms with van der Waals surface area (Å²) < 4.78 is 5.99. The SMILES string of the molecule is CCc1nnc(NC(=O)c2ccccc2NC(=O)C2c3ccccc3Oc3ccccc32)s1. The van der Waals surface area contributed by atoms with Crippen molar-refractivity contribution in [1.82, 2.24) is 10.2 Å². The normalized spacial score (nSPS) is 12.3. The fourth-order valence-corrected chi connectivity index (χ4v) is 4.47. The Morgan fingerprint density at radius 3 is 2.18 bits per heavy atom. The number of benzene rings is 3. The number of nitrogens with zero attached hydrogens (tertiary/aromatic N) is 2. The van der Waals surface area contributed by atoms with Gasteiger partial charge in [0.1, 0.15) is 16.5 Å². The smallest absolute Gasteiger partial charge is 0.259 e. The Balaban J connectivity index is 1.44. The van der Waals surface area contributed by atoms with Crippen molar-refractivity contribution in [3.8, 4) is 11.5 Å². The van der Waals surface area contributed by atoms with E-state index in [0.717, 1.165) is 22.6 Å². The minimum Gasteiger partial charge on any atom is -0.457 e. The summed E-state index contributed by atoms with van der Waals surface area (Å²) in [6.07, 6.45) is 0.744. The first-order chi connectivity index (χ1) is 16.1. The Morgan fingerprint density at radius 1 is 0.879 bits per heavy atom. The van der Waals surface area contributed by atoms with Gasteiger partial charge in [0.15, 0.2) is 0 Å². The molecule has 4 aromatic rings. The van der Waals surface area contributed by atoms with Gasteiger partial charge in [0.05, 0.1) is 17.2 Å². The average Bonchev–Trinajstić information content (AvgIpc) is 3.30. The third kappa shape index (κ3) is 4.08. The highest BCUT2D eigenvalue weighted by Gasteiger charge is 2.33. The first kappa shape index (κ1) is 20.8. The number of ether oxygens (including phenoxy) is 1. The van der Waals surface area contributed by atoms with Crippen molar-refractivity contribution < 1.29 is 14.3 Å². The zero-order valence-corrected chi connectivity index (χ0v) is 18.6. The van der Waals surface area contributed by atoms with Crippen LogP contribution in [-0.2, 0) is 11.2 Å². The quantitative estimate of drug-likeness (QED) is 0.429. The molecule has 0 fully saturated rings. The molecule has 0 spiro atoms. The van der Waals surface area contributed by atoms with Gasteiger partial charge in [-0.1, -0.05) is 66.8 Å². The number of hydrogen-bond acceptors (Lipinski definition) is 6. The molecule has 3 aromatic carbocycles. The van der Waals surface area contributed by atoms with Gasteiger partial charge in [0.2, 0.25) is 11.0 Å². The average molecular weight is 457 g/mol. The van der Waals surface area contributed by atoms with Gasteiger partial charge in [0, 0.05) is 11.1 Å². The second-order valence-corrected chi connectivity index (χ2v) is 8.52. The van der Waals surface area contributed by atoms with Crippen molar-refractivity contribution in [2.24, 2.45) is 0 Å². The highest BCUT2D eigenvalue weighted by Crippen LogP contribution is 2.44. The Bertz CT molecular complexity index is 1310. The highest BCUT2D eigenvalue weighted by atomic mass is 32.1. The summed E-state index contributed by atoms with van der Waals surface area (Å²) in [5.74, 6) is 0.105. The number of amides is 2. The van der Waals surface area contributed by atoms with Crippen LogP contribution in [0.3, 0.4) is 0 Å². The van der Waals surface area contributed by atoms with E-state index in [4.69, 9.17) is 4.74 Å². The van der Waals surface area contributed by atoms with Crippen molar-refractivity contribution in [3.05, 3.63) is 94.5 Å². The molecule has 0 bridgehead atoms. The van der Waals surface area contributed by atoms with Crippen molar-refractivity contribution in [3.63, 3.8) is 0 Å². The van der Waals surface area contributed by atoms with E-state index in [1.54, 1.807) is 24.3 Å². The number of carbonyl (C=O) groups is 2. The van der Waals surface area contributed by atoms with Gasteiger partial charge in [-0.3, -0.25) is 14.9 Å². The maximum absolute atomic E-state index is 13.5. The van der Waals surface area contributed by atoms with Gasteiger partial charge in [-0.25, -0.2) is 0 Å². The van der Waals surface area contributed by atoms with Crippen LogP contribution in [-0.4, -0.2) is 22.0 Å². The van der Waals surface area contributed by atoms with E-state index in [0.29, 0.717) is 27.9 Å². The molecule has 0 radical (unpaired) electrons. The summed E-state index contributed by atoms with van der Waals surface area (Å²) in [5, 5.41) is 15.0. The molecular formula is C25H20N4O3S. The molecule has 0 saturated heterocycles. The van der Waals surface area contributed by atoms with Gasteiger partial charge in [0.25, 0.3) is 5.91 Å². The Morgan fingerprint density at radius 2 is 1.52 bits per heavy atom. The van der Waals surface area contributed by atoms with Gasteiger partial charge in [-0.2, -0.15) is 0 Å². The van der Waals surface area contributed by atoms with Crippen LogP contribution < -0.4 is 15.4 Å². The fraction of sp³-hybridized carbons (Fsp3) is 0.120. The maximum Gasteiger partial charge on any atom is 0.259 e. The molecule has 1 aromatic heterocycles. The number of aromatic nitrogens is 2. The molecule has 8 heteroatoms. The predicted molar refractivity (Wildman–Crippen MR) is 127 cm³/mol. The molecule has 0 aliphatic carbocycles. The summed E-state index contributed by atoms with van der Waals surface area (Å²) in [5.41, 5.74) is 2.31. The summed E-state index contributed by atoms with van der Waals surface area (Å²) in [7, 11) is 0. The number of anilines is 2. The molecule has 5 rings (SSSR count). The van der Waals surface area contributed by atoms with Crippen molar-refractivity contribution >= 4 is 34.0 Å². The molecular weight excluding hydrogens is 436 g/mol. The Labute approximate surface area is 194 Å². The van der Waals surface area contributed by atoms with E-state index in [1.807, 2.05) is 55.5 Å². The monoisotopic (exact) mass is 456 g/mol. The van der Waals surface area contributed by atoms with Crippen LogP contribution in [0.25, 0.3) is 0 Å². The fourth-order valence-electron chi connectivity index (χ4n) is 3.80. The number of para-hydroxylation sites is 3. The third-order valence-corrected chi connectivity index (χ3v) is 6.34. The van der Waals surface area contributed by atoms with E-state index < -0.39 is 5.92 Å². The van der Waals surface area contributed by atoms with Crippen molar-refractivity contribution in [2.45, 2.75) is 19.3 Å². The molecule has 33 heavy (non-hydrogen) atoms. The molecule has 2 N–H and O–H groups in total. The number of hydrogen-bond donors (Lipinski definition) is 2. The van der Waals surface area contributed by atoms with Gasteiger partial charge >= 0.3 is 0 Å². The van der Waals surface area contributed by atoms with E-state index in [-0.39, 0.29) is 11.8 Å². The lowest BCUT2D eigenvalue weighted by atomic mass is 9.87. The van der Waals surface area contributed by atoms with Crippen LogP contribution in [0.4, 0.5) is 10.8 Å². The number of nitrogens with one attached hydrogen (secondary N) is 2. The van der Waals surface area contributed by atoms with Gasteiger partial charge in [-0.05, 0) is 30.7 Å². The number of rotatable bonds is 5. The minimum atomic E-state index is -0.572. The first-order valence-corrected chi connectivity index (χ1v) is 11.3.